The summed E-state index contributed by atoms with van der Waals surface area (Å²) in [7, 11) is 1.44. The Morgan fingerprint density at radius 2 is 1.20 bits per heavy atom. The first kappa shape index (κ1) is 26.6. The molecular formula is H5AlCrFeNiSi. The molecule has 0 aliphatic carbocycles. The largest absolute Gasteiger partial charge is 0.193 e. The van der Waals surface area contributed by atoms with Crippen molar-refractivity contribution in [3.8, 4) is 0 Å². The summed E-state index contributed by atoms with van der Waals surface area (Å²) >= 11 is 1.44. The van der Waals surface area contributed by atoms with Crippen LogP contribution in [-0.4, -0.2) is 24.4 Å². The van der Waals surface area contributed by atoms with Crippen LogP contribution < -0.4 is 0 Å². The molecule has 0 radical (unpaired) electrons. The molecule has 0 amide bonds. The molecule has 0 unspecified atom stereocenters. The maximum Gasteiger partial charge on any atom is 0.193 e. The summed E-state index contributed by atoms with van der Waals surface area (Å²) in [5.41, 5.74) is 0. The summed E-state index contributed by atoms with van der Waals surface area (Å²) in [5, 5.41) is 0. The predicted octanol–water partition coefficient (Wildman–Crippen LogP) is -2.11. The van der Waals surface area contributed by atoms with Crippen molar-refractivity contribution in [2.75, 3.05) is 0 Å². The van der Waals surface area contributed by atoms with Crippen LogP contribution in [0, 0.1) is 0 Å². The fourth-order valence-corrected chi connectivity index (χ4v) is 0. The van der Waals surface area contributed by atoms with Gasteiger partial charge in [0.05, 0.1) is 0 Å². The van der Waals surface area contributed by atoms with E-state index in [9.17, 15) is 0 Å². The summed E-state index contributed by atoms with van der Waals surface area (Å²) in [6, 6.07) is 0. The van der Waals surface area contributed by atoms with E-state index in [1.54, 1.807) is 0 Å². The Morgan fingerprint density at radius 1 is 1.20 bits per heavy atom. The van der Waals surface area contributed by atoms with Crippen LogP contribution in [0.2, 0.25) is 0 Å². The quantitative estimate of drug-likeness (QED) is 0.415. The second-order valence-electron chi connectivity index (χ2n) is 0. The predicted molar refractivity (Wildman–Crippen MR) is 18.5 cm³/mol. The van der Waals surface area contributed by atoms with Gasteiger partial charge in [0, 0.05) is 50.9 Å². The molecule has 5 heteroatoms. The minimum absolute atomic E-state index is 0. The molecule has 0 N–H and O–H groups in total. The van der Waals surface area contributed by atoms with Crippen molar-refractivity contribution in [1.82, 2.24) is 0 Å². The number of hydrogen-bond acceptors (Lipinski definition) is 0. The molecule has 0 nitrogen and oxygen atoms in total. The average Bonchev–Trinajstić information content (AvgIpc) is 1.00. The van der Waals surface area contributed by atoms with Crippen LogP contribution in [0.1, 0.15) is 0 Å². The summed E-state index contributed by atoms with van der Waals surface area (Å²) in [6.45, 7) is 0. The topological polar surface area (TPSA) is 0 Å². The van der Waals surface area contributed by atoms with E-state index in [-0.39, 0.29) is 50.9 Å². The Hall–Kier alpha value is 2.29. The first-order valence-corrected chi connectivity index (χ1v) is 9.00. The minimum atomic E-state index is 0. The normalized spacial score (nSPS) is 1.60. The van der Waals surface area contributed by atoms with Gasteiger partial charge in [-0.3, -0.25) is 0 Å². The van der Waals surface area contributed by atoms with Gasteiger partial charge in [-0.1, -0.05) is 8.80 Å². The second kappa shape index (κ2) is 33.5. The van der Waals surface area contributed by atoms with Gasteiger partial charge < -0.3 is 0 Å². The molecule has 0 aliphatic heterocycles. The van der Waals surface area contributed by atoms with E-state index >= 15 is 0 Å². The molecule has 0 aromatic carbocycles. The fraction of sp³-hybridized carbons (Fsp3) is 0. The van der Waals surface area contributed by atoms with Crippen molar-refractivity contribution in [2.24, 2.45) is 0 Å². The fourth-order valence-electron chi connectivity index (χ4n) is 0. The molecule has 0 saturated heterocycles. The Morgan fingerprint density at radius 3 is 1.20 bits per heavy atom. The molecule has 0 rings (SSSR count). The molecule has 0 bridgehead atoms. The third kappa shape index (κ3) is 22.0. The van der Waals surface area contributed by atoms with Crippen LogP contribution >= 0.6 is 0 Å². The summed E-state index contributed by atoms with van der Waals surface area (Å²) in [5.74, 6) is 0. The Balaban J connectivity index is -0.00000000167. The SMILES string of the molecule is [AlH2][SiH3].[Cr].[Fe].[Ni]. The summed E-state index contributed by atoms with van der Waals surface area (Å²) < 4.78 is 0. The first-order chi connectivity index (χ1) is 1.00. The maximum absolute atomic E-state index is 1.44. The zero-order valence-electron chi connectivity index (χ0n) is 3.08. The van der Waals surface area contributed by atoms with E-state index in [0.29, 0.717) is 0 Å². The minimum Gasteiger partial charge on any atom is -0.0504 e. The van der Waals surface area contributed by atoms with Crippen LogP contribution in [0.3, 0.4) is 0 Å². The third-order valence-corrected chi connectivity index (χ3v) is 0. The standard InChI is InChI=1S/Al.Cr.Fe.Ni.H3Si.2H/h;;;;1H3;;. The van der Waals surface area contributed by atoms with Gasteiger partial charge in [0.25, 0.3) is 0 Å². The van der Waals surface area contributed by atoms with E-state index in [4.69, 9.17) is 0 Å². The van der Waals surface area contributed by atoms with Crippen molar-refractivity contribution < 1.29 is 50.9 Å². The van der Waals surface area contributed by atoms with Crippen molar-refractivity contribution in [1.29, 1.82) is 0 Å². The van der Waals surface area contributed by atoms with Gasteiger partial charge in [0.2, 0.25) is 0 Å². The Kier molecular flexibility index (Phi) is 178. The molecule has 0 fully saturated rings. The van der Waals surface area contributed by atoms with Gasteiger partial charge in [0.15, 0.2) is 15.6 Å². The van der Waals surface area contributed by atoms with Gasteiger partial charge in [-0.15, -0.1) is 0 Å². The van der Waals surface area contributed by atoms with Crippen LogP contribution in [0.4, 0.5) is 0 Å². The van der Waals surface area contributed by atoms with E-state index in [1.807, 2.05) is 0 Å². The van der Waals surface area contributed by atoms with E-state index in [1.165, 1.54) is 24.4 Å². The Labute approximate surface area is 74.7 Å². The molecule has 0 heterocycles. The average molecular weight is 227 g/mol. The van der Waals surface area contributed by atoms with Gasteiger partial charge in [-0.25, -0.2) is 0 Å². The molecule has 36 valence electrons. The van der Waals surface area contributed by atoms with Crippen LogP contribution in [0.5, 0.6) is 0 Å². The maximum atomic E-state index is 1.44. The smallest absolute Gasteiger partial charge is 0.0504 e. The molecule has 0 aromatic heterocycles. The second-order valence-corrected chi connectivity index (χ2v) is 0. The van der Waals surface area contributed by atoms with Crippen molar-refractivity contribution in [3.63, 3.8) is 0 Å². The molecule has 0 atom stereocenters. The van der Waals surface area contributed by atoms with Crippen LogP contribution in [0.15, 0.2) is 0 Å². The van der Waals surface area contributed by atoms with E-state index in [0.717, 1.165) is 0 Å². The zero-order chi connectivity index (χ0) is 2.00. The van der Waals surface area contributed by atoms with Gasteiger partial charge in [-0.05, 0) is 0 Å². The van der Waals surface area contributed by atoms with Crippen LogP contribution in [0.25, 0.3) is 0 Å². The number of hydrogen-bond donors (Lipinski definition) is 0. The van der Waals surface area contributed by atoms with Gasteiger partial charge in [-0.2, -0.15) is 0 Å². The van der Waals surface area contributed by atoms with Crippen LogP contribution in [-0.2, 0) is 50.9 Å². The molecule has 0 aliphatic rings. The molecular weight excluding hydrogens is 222 g/mol. The molecule has 0 spiro atoms. The first-order valence-electron chi connectivity index (χ1n) is 1.00. The third-order valence-electron chi connectivity index (χ3n) is 0. The van der Waals surface area contributed by atoms with E-state index in [2.05, 4.69) is 0 Å². The monoisotopic (exact) mass is 226 g/mol. The van der Waals surface area contributed by atoms with Crippen molar-refractivity contribution in [3.05, 3.63) is 0 Å². The molecule has 0 aromatic rings. The van der Waals surface area contributed by atoms with Gasteiger partial charge in [0.1, 0.15) is 0 Å². The van der Waals surface area contributed by atoms with Gasteiger partial charge >= 0.3 is 0 Å². The summed E-state index contributed by atoms with van der Waals surface area (Å²) in [4.78, 5) is 0. The summed E-state index contributed by atoms with van der Waals surface area (Å²) in [6.07, 6.45) is 0. The van der Waals surface area contributed by atoms with Crippen molar-refractivity contribution in [2.45, 2.75) is 0 Å². The van der Waals surface area contributed by atoms with Crippen molar-refractivity contribution >= 4 is 24.4 Å². The Bertz CT molecular complexity index is 11.6. The number of rotatable bonds is 0. The molecule has 0 saturated carbocycles. The zero-order valence-corrected chi connectivity index (χ0v) is 10.4. The molecule has 5 heavy (non-hydrogen) atoms. The van der Waals surface area contributed by atoms with E-state index < -0.39 is 0 Å².